The molecule has 0 aliphatic heterocycles. The molecule has 0 atom stereocenters. The first kappa shape index (κ1) is 16.2. The number of carboxylic acid groups (broad SMARTS) is 1. The minimum absolute atomic E-state index is 0.124. The molecule has 0 aliphatic rings. The highest BCUT2D eigenvalue weighted by molar-refractivity contribution is 7.12. The molecule has 0 spiro atoms. The first-order valence-corrected chi connectivity index (χ1v) is 7.88. The summed E-state index contributed by atoms with van der Waals surface area (Å²) < 4.78 is 0. The number of aryl methyl sites for hydroxylation is 2. The quantitative estimate of drug-likeness (QED) is 0.783. The smallest absolute Gasteiger partial charge is 0.303 e. The molecule has 1 heterocycles. The van der Waals surface area contributed by atoms with Crippen LogP contribution in [0.5, 0.6) is 0 Å². The molecular weight excluding hydrogens is 256 g/mol. The predicted octanol–water partition coefficient (Wildman–Crippen LogP) is 4.75. The lowest BCUT2D eigenvalue weighted by Crippen LogP contribution is -2.17. The molecule has 0 saturated carbocycles. The summed E-state index contributed by atoms with van der Waals surface area (Å²) in [5.41, 5.74) is 2.83. The van der Waals surface area contributed by atoms with Crippen LogP contribution in [0.25, 0.3) is 0 Å². The van der Waals surface area contributed by atoms with E-state index in [1.807, 2.05) is 25.2 Å². The molecule has 0 fully saturated rings. The van der Waals surface area contributed by atoms with Gasteiger partial charge in [-0.3, -0.25) is 4.79 Å². The van der Waals surface area contributed by atoms with Gasteiger partial charge >= 0.3 is 5.97 Å². The van der Waals surface area contributed by atoms with E-state index in [1.54, 1.807) is 0 Å². The Bertz CT molecular complexity index is 444. The Hall–Kier alpha value is -0.830. The van der Waals surface area contributed by atoms with Crippen molar-refractivity contribution in [1.82, 2.24) is 0 Å². The van der Waals surface area contributed by atoms with E-state index in [9.17, 15) is 4.79 Å². The molecule has 1 rings (SSSR count). The van der Waals surface area contributed by atoms with Crippen molar-refractivity contribution in [1.29, 1.82) is 0 Å². The molecule has 1 N–H and O–H groups in total. The second-order valence-electron chi connectivity index (χ2n) is 6.17. The first-order chi connectivity index (χ1) is 8.76. The van der Waals surface area contributed by atoms with Gasteiger partial charge in [0.2, 0.25) is 0 Å². The van der Waals surface area contributed by atoms with Gasteiger partial charge < -0.3 is 5.11 Å². The molecule has 1 aromatic rings. The van der Waals surface area contributed by atoms with Gasteiger partial charge in [-0.05, 0) is 49.7 Å². The average molecular weight is 282 g/mol. The van der Waals surface area contributed by atoms with Crippen molar-refractivity contribution in [3.8, 4) is 0 Å². The van der Waals surface area contributed by atoms with Crippen LogP contribution in [0.15, 0.2) is 0 Å². The molecule has 1 aromatic heterocycles. The Kier molecular flexibility index (Phi) is 5.60. The van der Waals surface area contributed by atoms with Crippen molar-refractivity contribution in [2.45, 2.75) is 66.7 Å². The summed E-state index contributed by atoms with van der Waals surface area (Å²) in [6, 6.07) is 0. The van der Waals surface area contributed by atoms with Crippen LogP contribution in [-0.4, -0.2) is 11.1 Å². The fourth-order valence-electron chi connectivity index (χ4n) is 2.47. The van der Waals surface area contributed by atoms with Crippen molar-refractivity contribution in [2.75, 3.05) is 0 Å². The lowest BCUT2D eigenvalue weighted by molar-refractivity contribution is -0.139. The van der Waals surface area contributed by atoms with Gasteiger partial charge in [0.25, 0.3) is 0 Å². The molecule has 0 aliphatic carbocycles. The van der Waals surface area contributed by atoms with Crippen LogP contribution in [0.3, 0.4) is 0 Å². The van der Waals surface area contributed by atoms with E-state index in [1.165, 1.54) is 27.3 Å². The topological polar surface area (TPSA) is 37.3 Å². The zero-order valence-electron chi connectivity index (χ0n) is 12.8. The predicted molar refractivity (Wildman–Crippen MR) is 82.1 cm³/mol. The van der Waals surface area contributed by atoms with E-state index < -0.39 is 5.97 Å². The number of carbonyl (C=O) groups is 1. The van der Waals surface area contributed by atoms with Crippen LogP contribution in [0.1, 0.15) is 60.9 Å². The summed E-state index contributed by atoms with van der Waals surface area (Å²) in [5, 5.41) is 8.94. The van der Waals surface area contributed by atoms with Crippen molar-refractivity contribution >= 4 is 17.3 Å². The van der Waals surface area contributed by atoms with Crippen LogP contribution in [-0.2, 0) is 17.6 Å². The summed E-state index contributed by atoms with van der Waals surface area (Å²) >= 11 is 1.89. The Morgan fingerprint density at radius 1 is 1.26 bits per heavy atom. The zero-order chi connectivity index (χ0) is 14.6. The summed E-state index contributed by atoms with van der Waals surface area (Å²) in [6.45, 7) is 10.7. The van der Waals surface area contributed by atoms with Crippen LogP contribution in [0, 0.1) is 19.3 Å². The van der Waals surface area contributed by atoms with Crippen LogP contribution in [0.2, 0.25) is 0 Å². The minimum atomic E-state index is -0.697. The fraction of sp³-hybridized carbons (Fsp3) is 0.688. The highest BCUT2D eigenvalue weighted by Crippen LogP contribution is 2.33. The molecule has 0 radical (unpaired) electrons. The van der Waals surface area contributed by atoms with Gasteiger partial charge in [0.15, 0.2) is 0 Å². The van der Waals surface area contributed by atoms with Crippen LogP contribution in [0.4, 0.5) is 0 Å². The van der Waals surface area contributed by atoms with Gasteiger partial charge in [-0.1, -0.05) is 27.2 Å². The fourth-order valence-corrected chi connectivity index (χ4v) is 3.70. The van der Waals surface area contributed by atoms with Crippen molar-refractivity contribution < 1.29 is 9.90 Å². The molecule has 0 aromatic carbocycles. The lowest BCUT2D eigenvalue weighted by atomic mass is 9.83. The summed E-state index contributed by atoms with van der Waals surface area (Å²) in [6.07, 6.45) is 4.51. The van der Waals surface area contributed by atoms with Gasteiger partial charge in [-0.25, -0.2) is 0 Å². The number of rotatable bonds is 7. The molecular formula is C16H26O2S. The third-order valence-electron chi connectivity index (χ3n) is 3.75. The van der Waals surface area contributed by atoms with E-state index >= 15 is 0 Å². The normalized spacial score (nSPS) is 11.8. The molecule has 0 unspecified atom stereocenters. The Morgan fingerprint density at radius 2 is 1.89 bits per heavy atom. The molecule has 0 bridgehead atoms. The Morgan fingerprint density at radius 3 is 2.42 bits per heavy atom. The summed E-state index contributed by atoms with van der Waals surface area (Å²) in [4.78, 5) is 13.7. The minimum Gasteiger partial charge on any atom is -0.481 e. The van der Waals surface area contributed by atoms with Gasteiger partial charge in [0.05, 0.1) is 6.42 Å². The molecule has 0 amide bonds. The van der Waals surface area contributed by atoms with Gasteiger partial charge in [-0.15, -0.1) is 11.3 Å². The van der Waals surface area contributed by atoms with Gasteiger partial charge in [-0.2, -0.15) is 0 Å². The Labute approximate surface area is 120 Å². The van der Waals surface area contributed by atoms with Crippen molar-refractivity contribution in [2.24, 2.45) is 5.41 Å². The number of aliphatic carboxylic acids is 1. The van der Waals surface area contributed by atoms with Crippen molar-refractivity contribution in [3.63, 3.8) is 0 Å². The van der Waals surface area contributed by atoms with E-state index in [2.05, 4.69) is 20.8 Å². The van der Waals surface area contributed by atoms with Crippen LogP contribution >= 0.6 is 11.3 Å². The second-order valence-corrected chi connectivity index (χ2v) is 7.48. The third kappa shape index (κ3) is 4.64. The highest BCUT2D eigenvalue weighted by Gasteiger charge is 2.23. The first-order valence-electron chi connectivity index (χ1n) is 7.06. The zero-order valence-corrected chi connectivity index (χ0v) is 13.6. The van der Waals surface area contributed by atoms with E-state index in [-0.39, 0.29) is 11.8 Å². The number of thiophene rings is 1. The molecule has 19 heavy (non-hydrogen) atoms. The number of hydrogen-bond donors (Lipinski definition) is 1. The maximum atomic E-state index is 10.9. The molecule has 2 nitrogen and oxygen atoms in total. The average Bonchev–Trinajstić information content (AvgIpc) is 2.53. The van der Waals surface area contributed by atoms with Crippen LogP contribution < -0.4 is 0 Å². The number of carboxylic acids is 1. The molecule has 0 saturated heterocycles. The van der Waals surface area contributed by atoms with Crippen molar-refractivity contribution in [3.05, 3.63) is 20.9 Å². The van der Waals surface area contributed by atoms with E-state index in [0.29, 0.717) is 0 Å². The molecule has 3 heteroatoms. The van der Waals surface area contributed by atoms with E-state index in [4.69, 9.17) is 5.11 Å². The largest absolute Gasteiger partial charge is 0.481 e. The maximum absolute atomic E-state index is 10.9. The summed E-state index contributed by atoms with van der Waals surface area (Å²) in [7, 11) is 0. The SMILES string of the molecule is CCCc1c(CCC(C)(C)CC(=O)O)sc(C)c1C. The molecule has 108 valence electrons. The maximum Gasteiger partial charge on any atom is 0.303 e. The van der Waals surface area contributed by atoms with Gasteiger partial charge in [0.1, 0.15) is 0 Å². The second kappa shape index (κ2) is 6.56. The summed E-state index contributed by atoms with van der Waals surface area (Å²) in [5.74, 6) is -0.697. The highest BCUT2D eigenvalue weighted by atomic mass is 32.1. The Balaban J connectivity index is 2.77. The third-order valence-corrected chi connectivity index (χ3v) is 5.06. The monoisotopic (exact) mass is 282 g/mol. The van der Waals surface area contributed by atoms with Gasteiger partial charge in [0, 0.05) is 9.75 Å². The van der Waals surface area contributed by atoms with E-state index in [0.717, 1.165) is 19.3 Å². The lowest BCUT2D eigenvalue weighted by Gasteiger charge is -2.22. The standard InChI is InChI=1S/C16H26O2S/c1-6-7-13-11(2)12(3)19-14(13)8-9-16(4,5)10-15(17)18/h6-10H2,1-5H3,(H,17,18). The number of hydrogen-bond acceptors (Lipinski definition) is 2.